The number of hydrogen-bond acceptors (Lipinski definition) is 4. The Balaban J connectivity index is 1.69. The number of phenolic OH excluding ortho intramolecular Hbond substituents is 1. The lowest BCUT2D eigenvalue weighted by atomic mass is 9.97. The molecule has 0 fully saturated rings. The van der Waals surface area contributed by atoms with Crippen molar-refractivity contribution in [2.24, 2.45) is 4.99 Å². The summed E-state index contributed by atoms with van der Waals surface area (Å²) in [5.41, 5.74) is 7.07. The lowest BCUT2D eigenvalue weighted by Crippen LogP contribution is -2.36. The molecule has 1 aromatic rings. The van der Waals surface area contributed by atoms with Gasteiger partial charge in [-0.15, -0.1) is 0 Å². The van der Waals surface area contributed by atoms with Gasteiger partial charge in [0.1, 0.15) is 5.75 Å². The van der Waals surface area contributed by atoms with Gasteiger partial charge < -0.3 is 15.7 Å². The third-order valence-corrected chi connectivity index (χ3v) is 4.89. The quantitative estimate of drug-likeness (QED) is 0.566. The van der Waals surface area contributed by atoms with E-state index in [-0.39, 0.29) is 5.91 Å². The van der Waals surface area contributed by atoms with Crippen molar-refractivity contribution >= 4 is 11.6 Å². The van der Waals surface area contributed by atoms with E-state index in [0.717, 1.165) is 51.4 Å². The molecule has 27 heavy (non-hydrogen) atoms. The number of dihydropyridines is 1. The first-order valence-corrected chi connectivity index (χ1v) is 9.05. The molecule has 2 aliphatic rings. The summed E-state index contributed by atoms with van der Waals surface area (Å²) in [4.78, 5) is 16.3. The number of hydrogen-bond donors (Lipinski definition) is 3. The zero-order chi connectivity index (χ0) is 19.6. The molecule has 0 aromatic heterocycles. The van der Waals surface area contributed by atoms with Crippen LogP contribution in [-0.4, -0.2) is 23.3 Å². The molecule has 0 bridgehead atoms. The molecular weight excluding hydrogens is 338 g/mol. The van der Waals surface area contributed by atoms with Crippen molar-refractivity contribution < 1.29 is 9.90 Å². The minimum absolute atomic E-state index is 0.0138. The van der Waals surface area contributed by atoms with E-state index in [1.165, 1.54) is 0 Å². The largest absolute Gasteiger partial charge is 0.507 e. The molecule has 5 nitrogen and oxygen atoms in total. The number of phenols is 1. The lowest BCUT2D eigenvalue weighted by molar-refractivity contribution is -0.118. The number of aryl methyl sites for hydroxylation is 2. The molecular formula is C22H25N3O2. The Hall–Kier alpha value is -3.08. The molecule has 5 heteroatoms. The van der Waals surface area contributed by atoms with E-state index in [0.29, 0.717) is 18.7 Å². The maximum Gasteiger partial charge on any atom is 0.249 e. The number of nitrogens with one attached hydrogen (secondary N) is 2. The highest BCUT2D eigenvalue weighted by molar-refractivity contribution is 5.99. The number of carbonyl (C=O) groups is 1. The Morgan fingerprint density at radius 1 is 1.30 bits per heavy atom. The molecule has 0 saturated carbocycles. The summed E-state index contributed by atoms with van der Waals surface area (Å²) in [5, 5.41) is 16.1. The van der Waals surface area contributed by atoms with Crippen LogP contribution in [-0.2, 0) is 4.79 Å². The molecule has 2 aliphatic heterocycles. The van der Waals surface area contributed by atoms with Crippen molar-refractivity contribution in [3.8, 4) is 5.75 Å². The van der Waals surface area contributed by atoms with Crippen LogP contribution in [0.15, 0.2) is 64.6 Å². The zero-order valence-electron chi connectivity index (χ0n) is 16.0. The second-order valence-corrected chi connectivity index (χ2v) is 6.92. The molecule has 3 rings (SSSR count). The van der Waals surface area contributed by atoms with E-state index in [4.69, 9.17) is 0 Å². The molecule has 140 valence electrons. The highest BCUT2D eigenvalue weighted by Crippen LogP contribution is 2.25. The van der Waals surface area contributed by atoms with E-state index in [2.05, 4.69) is 22.2 Å². The van der Waals surface area contributed by atoms with Crippen LogP contribution in [0.5, 0.6) is 5.75 Å². The third-order valence-electron chi connectivity index (χ3n) is 4.89. The minimum Gasteiger partial charge on any atom is -0.507 e. The monoisotopic (exact) mass is 363 g/mol. The van der Waals surface area contributed by atoms with Crippen LogP contribution in [0.3, 0.4) is 0 Å². The molecule has 0 atom stereocenters. The topological polar surface area (TPSA) is 73.7 Å². The second-order valence-electron chi connectivity index (χ2n) is 6.92. The van der Waals surface area contributed by atoms with Gasteiger partial charge in [-0.25, -0.2) is 0 Å². The van der Waals surface area contributed by atoms with E-state index < -0.39 is 0 Å². The fourth-order valence-electron chi connectivity index (χ4n) is 3.25. The second kappa shape index (κ2) is 7.66. The van der Waals surface area contributed by atoms with Gasteiger partial charge in [-0.05, 0) is 67.7 Å². The van der Waals surface area contributed by atoms with Crippen LogP contribution in [0.2, 0.25) is 0 Å². The van der Waals surface area contributed by atoms with Crippen LogP contribution < -0.4 is 10.6 Å². The van der Waals surface area contributed by atoms with Crippen LogP contribution >= 0.6 is 0 Å². The summed E-state index contributed by atoms with van der Waals surface area (Å²) < 4.78 is 0. The van der Waals surface area contributed by atoms with Crippen LogP contribution in [0, 0.1) is 13.8 Å². The summed E-state index contributed by atoms with van der Waals surface area (Å²) in [5.74, 6) is 0.343. The third kappa shape index (κ3) is 4.03. The maximum atomic E-state index is 11.8. The SMILES string of the molecule is C=C(/C=C\N=C(C)c1cc(C)c(O)c(C)c1)C1=CCC2=C(CCNC2=O)N1. The van der Waals surface area contributed by atoms with Gasteiger partial charge in [0.2, 0.25) is 5.91 Å². The molecule has 1 aromatic carbocycles. The van der Waals surface area contributed by atoms with Gasteiger partial charge in [0.25, 0.3) is 0 Å². The number of allylic oxidation sites excluding steroid dienone is 2. The number of aromatic hydroxyl groups is 1. The van der Waals surface area contributed by atoms with Crippen molar-refractivity contribution in [1.29, 1.82) is 0 Å². The summed E-state index contributed by atoms with van der Waals surface area (Å²) in [6, 6.07) is 3.86. The Morgan fingerprint density at radius 2 is 2.00 bits per heavy atom. The Kier molecular flexibility index (Phi) is 5.31. The number of rotatable bonds is 4. The van der Waals surface area contributed by atoms with E-state index in [1.54, 1.807) is 6.20 Å². The number of nitrogens with zero attached hydrogens (tertiary/aromatic N) is 1. The first-order chi connectivity index (χ1) is 12.9. The van der Waals surface area contributed by atoms with Crippen molar-refractivity contribution in [3.05, 3.63) is 76.3 Å². The molecule has 0 radical (unpaired) electrons. The number of benzene rings is 1. The Bertz CT molecular complexity index is 910. The zero-order valence-corrected chi connectivity index (χ0v) is 16.0. The molecule has 0 unspecified atom stereocenters. The summed E-state index contributed by atoms with van der Waals surface area (Å²) in [6.07, 6.45) is 7.00. The number of aliphatic imine (C=N–C) groups is 1. The van der Waals surface area contributed by atoms with Gasteiger partial charge in [-0.2, -0.15) is 0 Å². The molecule has 2 heterocycles. The van der Waals surface area contributed by atoms with E-state index in [9.17, 15) is 9.90 Å². The van der Waals surface area contributed by atoms with Gasteiger partial charge in [0, 0.05) is 41.8 Å². The smallest absolute Gasteiger partial charge is 0.249 e. The predicted octanol–water partition coefficient (Wildman–Crippen LogP) is 3.54. The average Bonchev–Trinajstić information content (AvgIpc) is 2.65. The first kappa shape index (κ1) is 18.7. The van der Waals surface area contributed by atoms with Crippen molar-refractivity contribution in [2.75, 3.05) is 6.54 Å². The van der Waals surface area contributed by atoms with Crippen molar-refractivity contribution in [1.82, 2.24) is 10.6 Å². The fourth-order valence-corrected chi connectivity index (χ4v) is 3.25. The Morgan fingerprint density at radius 3 is 2.70 bits per heavy atom. The maximum absolute atomic E-state index is 11.8. The fraction of sp³-hybridized carbons (Fsp3) is 0.273. The average molecular weight is 363 g/mol. The first-order valence-electron chi connectivity index (χ1n) is 9.05. The van der Waals surface area contributed by atoms with Gasteiger partial charge in [-0.3, -0.25) is 9.79 Å². The van der Waals surface area contributed by atoms with Gasteiger partial charge >= 0.3 is 0 Å². The van der Waals surface area contributed by atoms with E-state index >= 15 is 0 Å². The summed E-state index contributed by atoms with van der Waals surface area (Å²) >= 11 is 0. The van der Waals surface area contributed by atoms with E-state index in [1.807, 2.05) is 45.1 Å². The van der Waals surface area contributed by atoms with Gasteiger partial charge in [0.15, 0.2) is 0 Å². The predicted molar refractivity (Wildman–Crippen MR) is 109 cm³/mol. The van der Waals surface area contributed by atoms with Gasteiger partial charge in [-0.1, -0.05) is 12.7 Å². The van der Waals surface area contributed by atoms with Crippen LogP contribution in [0.25, 0.3) is 0 Å². The van der Waals surface area contributed by atoms with Crippen molar-refractivity contribution in [3.63, 3.8) is 0 Å². The Labute approximate surface area is 159 Å². The highest BCUT2D eigenvalue weighted by atomic mass is 16.3. The summed E-state index contributed by atoms with van der Waals surface area (Å²) in [6.45, 7) is 10.5. The molecule has 0 spiro atoms. The normalized spacial score (nSPS) is 17.4. The number of carbonyl (C=O) groups excluding carboxylic acids is 1. The molecule has 0 aliphatic carbocycles. The van der Waals surface area contributed by atoms with Gasteiger partial charge in [0.05, 0.1) is 0 Å². The lowest BCUT2D eigenvalue weighted by Gasteiger charge is -2.26. The highest BCUT2D eigenvalue weighted by Gasteiger charge is 2.23. The van der Waals surface area contributed by atoms with Crippen molar-refractivity contribution in [2.45, 2.75) is 33.6 Å². The number of amides is 1. The molecule has 3 N–H and O–H groups in total. The minimum atomic E-state index is 0.0138. The summed E-state index contributed by atoms with van der Waals surface area (Å²) in [7, 11) is 0. The van der Waals surface area contributed by atoms with Crippen LogP contribution in [0.4, 0.5) is 0 Å². The standard InChI is InChI=1S/C22H25N3O2/c1-13(19-6-5-18-20(25-19)8-10-24-22(18)27)7-9-23-16(4)17-11-14(2)21(26)15(3)12-17/h6-7,9,11-12,25-26H,1,5,8,10H2,2-4H3,(H,24,27)/b9-7-,23-16?. The molecule has 0 saturated heterocycles. The molecule has 1 amide bonds. The van der Waals surface area contributed by atoms with Crippen LogP contribution in [0.1, 0.15) is 36.5 Å².